The molecule has 6 nitrogen and oxygen atoms in total. The number of halogens is 1. The van der Waals surface area contributed by atoms with E-state index in [0.717, 1.165) is 25.7 Å². The number of amides is 2. The molecule has 136 valence electrons. The summed E-state index contributed by atoms with van der Waals surface area (Å²) in [6.07, 6.45) is 3.71. The van der Waals surface area contributed by atoms with Gasteiger partial charge in [-0.2, -0.15) is 0 Å². The molecular weight excluding hydrogens is 325 g/mol. The van der Waals surface area contributed by atoms with Gasteiger partial charge in [0.2, 0.25) is 0 Å². The topological polar surface area (TPSA) is 72.9 Å². The number of piperazine rings is 1. The maximum Gasteiger partial charge on any atom is 0.321 e. The maximum absolute atomic E-state index is 12.9. The van der Waals surface area contributed by atoms with Crippen molar-refractivity contribution in [1.29, 1.82) is 0 Å². The van der Waals surface area contributed by atoms with Crippen LogP contribution in [0.25, 0.3) is 0 Å². The first-order valence-corrected chi connectivity index (χ1v) is 8.83. The Labute approximate surface area is 146 Å². The van der Waals surface area contributed by atoms with Crippen LogP contribution in [-0.2, 0) is 4.79 Å². The highest BCUT2D eigenvalue weighted by Crippen LogP contribution is 2.29. The Balaban J connectivity index is 1.53. The second kappa shape index (κ2) is 7.82. The Morgan fingerprint density at radius 2 is 1.68 bits per heavy atom. The van der Waals surface area contributed by atoms with Gasteiger partial charge >= 0.3 is 12.0 Å². The van der Waals surface area contributed by atoms with Gasteiger partial charge in [-0.15, -0.1) is 0 Å². The van der Waals surface area contributed by atoms with E-state index in [0.29, 0.717) is 31.9 Å². The van der Waals surface area contributed by atoms with Crippen LogP contribution in [0.5, 0.6) is 0 Å². The van der Waals surface area contributed by atoms with Crippen LogP contribution in [0, 0.1) is 11.7 Å². The van der Waals surface area contributed by atoms with E-state index in [1.807, 2.05) is 0 Å². The Morgan fingerprint density at radius 3 is 2.32 bits per heavy atom. The number of hydrogen-bond acceptors (Lipinski definition) is 3. The molecule has 1 aromatic rings. The molecule has 2 fully saturated rings. The van der Waals surface area contributed by atoms with Crippen molar-refractivity contribution in [2.75, 3.05) is 31.5 Å². The molecule has 0 spiro atoms. The van der Waals surface area contributed by atoms with Crippen molar-refractivity contribution in [3.8, 4) is 0 Å². The Bertz CT molecular complexity index is 614. The highest BCUT2D eigenvalue weighted by molar-refractivity contribution is 5.89. The number of aliphatic carboxylic acids is 1. The molecule has 0 bridgehead atoms. The lowest BCUT2D eigenvalue weighted by Crippen LogP contribution is -2.55. The van der Waals surface area contributed by atoms with E-state index in [-0.39, 0.29) is 23.8 Å². The minimum atomic E-state index is -0.707. The SMILES string of the molecule is O=C(O)[C@@H]1CCCC[C@H]1N1CCN(C(=O)Nc2ccc(F)cc2)CC1. The van der Waals surface area contributed by atoms with E-state index in [4.69, 9.17) is 0 Å². The Morgan fingerprint density at radius 1 is 1.04 bits per heavy atom. The Hall–Kier alpha value is -2.15. The highest BCUT2D eigenvalue weighted by Gasteiger charge is 2.36. The molecule has 0 unspecified atom stereocenters. The summed E-state index contributed by atoms with van der Waals surface area (Å²) >= 11 is 0. The third-order valence-electron chi connectivity index (χ3n) is 5.21. The fourth-order valence-electron chi connectivity index (χ4n) is 3.83. The van der Waals surface area contributed by atoms with Crippen molar-refractivity contribution in [1.82, 2.24) is 9.80 Å². The number of hydrogen-bond donors (Lipinski definition) is 2. The summed E-state index contributed by atoms with van der Waals surface area (Å²) in [6.45, 7) is 2.50. The normalized spacial score (nSPS) is 24.8. The largest absolute Gasteiger partial charge is 0.481 e. The molecule has 2 aliphatic rings. The minimum Gasteiger partial charge on any atom is -0.481 e. The molecule has 1 heterocycles. The molecule has 2 amide bonds. The van der Waals surface area contributed by atoms with E-state index >= 15 is 0 Å². The summed E-state index contributed by atoms with van der Waals surface area (Å²) < 4.78 is 12.9. The van der Waals surface area contributed by atoms with Gasteiger partial charge in [0.15, 0.2) is 0 Å². The molecule has 1 aromatic carbocycles. The number of urea groups is 1. The monoisotopic (exact) mass is 349 g/mol. The van der Waals surface area contributed by atoms with Crippen molar-refractivity contribution in [2.45, 2.75) is 31.7 Å². The summed E-state index contributed by atoms with van der Waals surface area (Å²) in [5, 5.41) is 12.2. The summed E-state index contributed by atoms with van der Waals surface area (Å²) in [7, 11) is 0. The van der Waals surface area contributed by atoms with Crippen molar-refractivity contribution in [2.24, 2.45) is 5.92 Å². The molecule has 1 aliphatic carbocycles. The molecule has 1 aliphatic heterocycles. The first-order chi connectivity index (χ1) is 12.0. The zero-order chi connectivity index (χ0) is 17.8. The summed E-state index contributed by atoms with van der Waals surface area (Å²) in [6, 6.07) is 5.55. The van der Waals surface area contributed by atoms with Crippen LogP contribution in [0.15, 0.2) is 24.3 Å². The number of benzene rings is 1. The van der Waals surface area contributed by atoms with E-state index < -0.39 is 5.97 Å². The van der Waals surface area contributed by atoms with Crippen molar-refractivity contribution in [3.63, 3.8) is 0 Å². The van der Waals surface area contributed by atoms with Crippen LogP contribution in [-0.4, -0.2) is 59.1 Å². The lowest BCUT2D eigenvalue weighted by atomic mass is 9.83. The van der Waals surface area contributed by atoms with Crippen LogP contribution in [0.4, 0.5) is 14.9 Å². The van der Waals surface area contributed by atoms with Crippen LogP contribution >= 0.6 is 0 Å². The van der Waals surface area contributed by atoms with E-state index in [2.05, 4.69) is 10.2 Å². The quantitative estimate of drug-likeness (QED) is 0.880. The number of nitrogens with one attached hydrogen (secondary N) is 1. The number of rotatable bonds is 3. The average molecular weight is 349 g/mol. The number of carbonyl (C=O) groups is 2. The Kier molecular flexibility index (Phi) is 5.53. The van der Waals surface area contributed by atoms with Crippen LogP contribution in [0.2, 0.25) is 0 Å². The lowest BCUT2D eigenvalue weighted by Gasteiger charge is -2.42. The van der Waals surface area contributed by atoms with Gasteiger partial charge in [-0.25, -0.2) is 9.18 Å². The van der Waals surface area contributed by atoms with E-state index in [9.17, 15) is 19.1 Å². The second-order valence-electron chi connectivity index (χ2n) is 6.76. The van der Waals surface area contributed by atoms with Gasteiger partial charge in [0, 0.05) is 37.9 Å². The van der Waals surface area contributed by atoms with Gasteiger partial charge in [0.25, 0.3) is 0 Å². The van der Waals surface area contributed by atoms with Gasteiger partial charge in [-0.05, 0) is 37.1 Å². The van der Waals surface area contributed by atoms with Crippen LogP contribution in [0.3, 0.4) is 0 Å². The smallest absolute Gasteiger partial charge is 0.321 e. The molecular formula is C18H24FN3O3. The van der Waals surface area contributed by atoms with E-state index in [1.54, 1.807) is 4.90 Å². The van der Waals surface area contributed by atoms with Gasteiger partial charge in [0.05, 0.1) is 5.92 Å². The molecule has 1 saturated heterocycles. The molecule has 25 heavy (non-hydrogen) atoms. The number of carboxylic acids is 1. The van der Waals surface area contributed by atoms with Crippen molar-refractivity contribution in [3.05, 3.63) is 30.1 Å². The fourth-order valence-corrected chi connectivity index (χ4v) is 3.83. The number of nitrogens with zero attached hydrogens (tertiary/aromatic N) is 2. The third kappa shape index (κ3) is 4.28. The molecule has 0 radical (unpaired) electrons. The predicted molar refractivity (Wildman–Crippen MR) is 91.9 cm³/mol. The fraction of sp³-hybridized carbons (Fsp3) is 0.556. The zero-order valence-electron chi connectivity index (χ0n) is 14.2. The first-order valence-electron chi connectivity index (χ1n) is 8.83. The van der Waals surface area contributed by atoms with Crippen LogP contribution in [0.1, 0.15) is 25.7 Å². The summed E-state index contributed by atoms with van der Waals surface area (Å²) in [5.74, 6) is -1.35. The van der Waals surface area contributed by atoms with Crippen molar-refractivity contribution >= 4 is 17.7 Å². The number of anilines is 1. The molecule has 1 saturated carbocycles. The zero-order valence-corrected chi connectivity index (χ0v) is 14.2. The second-order valence-corrected chi connectivity index (χ2v) is 6.76. The van der Waals surface area contributed by atoms with Gasteiger partial charge in [-0.3, -0.25) is 9.69 Å². The molecule has 0 aromatic heterocycles. The predicted octanol–water partition coefficient (Wildman–Crippen LogP) is 2.62. The standard InChI is InChI=1S/C18H24FN3O3/c19-13-5-7-14(8-6-13)20-18(25)22-11-9-21(10-12-22)16-4-2-1-3-15(16)17(23)24/h5-8,15-16H,1-4,9-12H2,(H,20,25)(H,23,24)/t15-,16-/m1/s1. The average Bonchev–Trinajstić information content (AvgIpc) is 2.63. The number of carboxylic acid groups (broad SMARTS) is 1. The van der Waals surface area contributed by atoms with Crippen LogP contribution < -0.4 is 5.32 Å². The van der Waals surface area contributed by atoms with Crippen molar-refractivity contribution < 1.29 is 19.1 Å². The molecule has 2 atom stereocenters. The number of carbonyl (C=O) groups excluding carboxylic acids is 1. The third-order valence-corrected chi connectivity index (χ3v) is 5.21. The first kappa shape index (κ1) is 17.7. The maximum atomic E-state index is 12.9. The molecule has 7 heteroatoms. The summed E-state index contributed by atoms with van der Waals surface area (Å²) in [4.78, 5) is 27.7. The molecule has 3 rings (SSSR count). The van der Waals surface area contributed by atoms with Gasteiger partial charge in [0.1, 0.15) is 5.82 Å². The van der Waals surface area contributed by atoms with Gasteiger partial charge < -0.3 is 15.3 Å². The van der Waals surface area contributed by atoms with E-state index in [1.165, 1.54) is 24.3 Å². The van der Waals surface area contributed by atoms with Gasteiger partial charge in [-0.1, -0.05) is 12.8 Å². The highest BCUT2D eigenvalue weighted by atomic mass is 19.1. The lowest BCUT2D eigenvalue weighted by molar-refractivity contribution is -0.146. The minimum absolute atomic E-state index is 0.0774. The molecule has 2 N–H and O–H groups in total. The summed E-state index contributed by atoms with van der Waals surface area (Å²) in [5.41, 5.74) is 0.562.